The summed E-state index contributed by atoms with van der Waals surface area (Å²) in [5, 5.41) is 3.57. The molecule has 3 heteroatoms. The van der Waals surface area contributed by atoms with Gasteiger partial charge in [0.05, 0.1) is 0 Å². The van der Waals surface area contributed by atoms with Crippen molar-refractivity contribution in [3.63, 3.8) is 0 Å². The fraction of sp³-hybridized carbons (Fsp3) is 0.667. The van der Waals surface area contributed by atoms with Crippen LogP contribution >= 0.6 is 15.9 Å². The van der Waals surface area contributed by atoms with E-state index in [9.17, 15) is 0 Å². The number of hydrogen-bond donors (Lipinski definition) is 1. The van der Waals surface area contributed by atoms with Gasteiger partial charge in [-0.05, 0) is 46.3 Å². The first-order valence-electron chi connectivity index (χ1n) is 6.79. The second kappa shape index (κ2) is 7.25. The zero-order valence-corrected chi connectivity index (χ0v) is 13.5. The van der Waals surface area contributed by atoms with E-state index in [-0.39, 0.29) is 0 Å². The van der Waals surface area contributed by atoms with Gasteiger partial charge in [-0.3, -0.25) is 4.98 Å². The number of rotatable bonds is 7. The van der Waals surface area contributed by atoms with Crippen molar-refractivity contribution >= 4 is 15.9 Å². The van der Waals surface area contributed by atoms with Gasteiger partial charge in [0.1, 0.15) is 0 Å². The maximum atomic E-state index is 4.50. The highest BCUT2D eigenvalue weighted by Crippen LogP contribution is 2.27. The van der Waals surface area contributed by atoms with Crippen LogP contribution in [-0.4, -0.2) is 17.6 Å². The van der Waals surface area contributed by atoms with Crippen LogP contribution in [0.5, 0.6) is 0 Å². The van der Waals surface area contributed by atoms with Crippen LogP contribution in [0.4, 0.5) is 0 Å². The maximum absolute atomic E-state index is 4.50. The van der Waals surface area contributed by atoms with Gasteiger partial charge >= 0.3 is 0 Å². The van der Waals surface area contributed by atoms with Gasteiger partial charge in [-0.1, -0.05) is 34.1 Å². The summed E-state index contributed by atoms with van der Waals surface area (Å²) < 4.78 is 1.05. The normalized spacial score (nSPS) is 14.8. The van der Waals surface area contributed by atoms with Crippen LogP contribution < -0.4 is 5.32 Å². The molecule has 1 heterocycles. The quantitative estimate of drug-likeness (QED) is 0.816. The highest BCUT2D eigenvalue weighted by molar-refractivity contribution is 9.10. The van der Waals surface area contributed by atoms with E-state index >= 15 is 0 Å². The average Bonchev–Trinajstić information content (AvgIpc) is 2.30. The number of pyridine rings is 1. The van der Waals surface area contributed by atoms with E-state index in [0.717, 1.165) is 17.4 Å². The summed E-state index contributed by atoms with van der Waals surface area (Å²) >= 11 is 3.43. The van der Waals surface area contributed by atoms with Crippen molar-refractivity contribution in [3.05, 3.63) is 28.5 Å². The predicted octanol–water partition coefficient (Wildman–Crippen LogP) is 4.19. The fourth-order valence-electron chi connectivity index (χ4n) is 2.24. The first-order chi connectivity index (χ1) is 8.45. The summed E-state index contributed by atoms with van der Waals surface area (Å²) in [6.45, 7) is 10.1. The van der Waals surface area contributed by atoms with E-state index in [0.29, 0.717) is 11.5 Å². The highest BCUT2D eigenvalue weighted by Gasteiger charge is 2.24. The Hall–Kier alpha value is -0.410. The number of hydrogen-bond acceptors (Lipinski definition) is 2. The number of nitrogens with zero attached hydrogens (tertiary/aromatic N) is 1. The minimum Gasteiger partial charge on any atom is -0.314 e. The van der Waals surface area contributed by atoms with E-state index in [1.165, 1.54) is 18.5 Å². The largest absolute Gasteiger partial charge is 0.314 e. The Morgan fingerprint density at radius 3 is 2.61 bits per heavy atom. The van der Waals surface area contributed by atoms with Gasteiger partial charge in [0.25, 0.3) is 0 Å². The van der Waals surface area contributed by atoms with Crippen molar-refractivity contribution in [1.82, 2.24) is 10.3 Å². The molecule has 0 aliphatic heterocycles. The van der Waals surface area contributed by atoms with Crippen molar-refractivity contribution in [3.8, 4) is 0 Å². The molecule has 0 saturated carbocycles. The van der Waals surface area contributed by atoms with Crippen LogP contribution in [0.2, 0.25) is 0 Å². The molecule has 0 aliphatic carbocycles. The molecule has 2 nitrogen and oxygen atoms in total. The minimum atomic E-state index is 0.292. The molecule has 18 heavy (non-hydrogen) atoms. The van der Waals surface area contributed by atoms with Crippen molar-refractivity contribution < 1.29 is 0 Å². The van der Waals surface area contributed by atoms with Gasteiger partial charge in [-0.15, -0.1) is 0 Å². The van der Waals surface area contributed by atoms with Gasteiger partial charge in [0, 0.05) is 29.0 Å². The lowest BCUT2D eigenvalue weighted by Gasteiger charge is -2.30. The fourth-order valence-corrected chi connectivity index (χ4v) is 2.48. The Bertz CT molecular complexity index is 348. The van der Waals surface area contributed by atoms with Crippen molar-refractivity contribution in [2.45, 2.75) is 53.0 Å². The van der Waals surface area contributed by atoms with Crippen LogP contribution in [0, 0.1) is 5.41 Å². The molecular formula is C15H25BrN2. The van der Waals surface area contributed by atoms with Crippen LogP contribution in [0.15, 0.2) is 22.8 Å². The van der Waals surface area contributed by atoms with Crippen LogP contribution in [0.3, 0.4) is 0 Å². The number of halogens is 1. The Morgan fingerprint density at radius 1 is 1.39 bits per heavy atom. The van der Waals surface area contributed by atoms with E-state index < -0.39 is 0 Å². The number of nitrogens with one attached hydrogen (secondary N) is 1. The lowest BCUT2D eigenvalue weighted by Crippen LogP contribution is -2.37. The topological polar surface area (TPSA) is 24.9 Å². The third kappa shape index (κ3) is 5.49. The zero-order chi connectivity index (χ0) is 13.6. The second-order valence-electron chi connectivity index (χ2n) is 5.74. The highest BCUT2D eigenvalue weighted by atomic mass is 79.9. The maximum Gasteiger partial charge on any atom is 0.0413 e. The average molecular weight is 313 g/mol. The standard InChI is InChI=1S/C15H25BrN2/c1-5-8-15(4,11-18-12(2)3)9-14-7-6-13(16)10-17-14/h6-7,10,12,18H,5,8-9,11H2,1-4H3. The van der Waals surface area contributed by atoms with Gasteiger partial charge in [-0.25, -0.2) is 0 Å². The Balaban J connectivity index is 2.68. The first-order valence-corrected chi connectivity index (χ1v) is 7.58. The summed E-state index contributed by atoms with van der Waals surface area (Å²) in [4.78, 5) is 4.50. The van der Waals surface area contributed by atoms with Crippen molar-refractivity contribution in [2.75, 3.05) is 6.54 Å². The molecule has 0 amide bonds. The molecular weight excluding hydrogens is 288 g/mol. The third-order valence-electron chi connectivity index (χ3n) is 3.19. The van der Waals surface area contributed by atoms with Gasteiger partial charge in [-0.2, -0.15) is 0 Å². The molecule has 0 radical (unpaired) electrons. The summed E-state index contributed by atoms with van der Waals surface area (Å²) in [5.74, 6) is 0. The summed E-state index contributed by atoms with van der Waals surface area (Å²) in [6, 6.07) is 4.73. The molecule has 0 bridgehead atoms. The lowest BCUT2D eigenvalue weighted by atomic mass is 9.80. The van der Waals surface area contributed by atoms with Crippen LogP contribution in [0.1, 0.15) is 46.2 Å². The second-order valence-corrected chi connectivity index (χ2v) is 6.66. The Kier molecular flexibility index (Phi) is 6.30. The third-order valence-corrected chi connectivity index (χ3v) is 3.66. The monoisotopic (exact) mass is 312 g/mol. The summed E-state index contributed by atoms with van der Waals surface area (Å²) in [6.07, 6.45) is 5.36. The number of aromatic nitrogens is 1. The molecule has 1 rings (SSSR count). The molecule has 1 aromatic rings. The molecule has 1 unspecified atom stereocenters. The molecule has 1 atom stereocenters. The minimum absolute atomic E-state index is 0.292. The molecule has 1 N–H and O–H groups in total. The SMILES string of the molecule is CCCC(C)(CNC(C)C)Cc1ccc(Br)cn1. The molecule has 0 fully saturated rings. The first kappa shape index (κ1) is 15.6. The molecule has 0 aromatic carbocycles. The van der Waals surface area contributed by atoms with Gasteiger partial charge < -0.3 is 5.32 Å². The van der Waals surface area contributed by atoms with Crippen LogP contribution in [-0.2, 0) is 6.42 Å². The van der Waals surface area contributed by atoms with Crippen molar-refractivity contribution in [2.24, 2.45) is 5.41 Å². The smallest absolute Gasteiger partial charge is 0.0413 e. The van der Waals surface area contributed by atoms with E-state index in [1.54, 1.807) is 0 Å². The predicted molar refractivity (Wildman–Crippen MR) is 81.8 cm³/mol. The lowest BCUT2D eigenvalue weighted by molar-refractivity contribution is 0.264. The van der Waals surface area contributed by atoms with E-state index in [1.807, 2.05) is 6.20 Å². The molecule has 0 saturated heterocycles. The molecule has 1 aromatic heterocycles. The van der Waals surface area contributed by atoms with Crippen LogP contribution in [0.25, 0.3) is 0 Å². The Labute approximate surface area is 120 Å². The van der Waals surface area contributed by atoms with Gasteiger partial charge in [0.15, 0.2) is 0 Å². The zero-order valence-electron chi connectivity index (χ0n) is 12.0. The molecule has 0 aliphatic rings. The van der Waals surface area contributed by atoms with E-state index in [2.05, 4.69) is 66.1 Å². The molecule has 0 spiro atoms. The Morgan fingerprint density at radius 2 is 2.11 bits per heavy atom. The van der Waals surface area contributed by atoms with Crippen molar-refractivity contribution in [1.29, 1.82) is 0 Å². The summed E-state index contributed by atoms with van der Waals surface area (Å²) in [7, 11) is 0. The van der Waals surface area contributed by atoms with Gasteiger partial charge in [0.2, 0.25) is 0 Å². The summed E-state index contributed by atoms with van der Waals surface area (Å²) in [5.41, 5.74) is 1.47. The molecule has 102 valence electrons. The van der Waals surface area contributed by atoms with E-state index in [4.69, 9.17) is 0 Å².